The maximum atomic E-state index is 13.5. The van der Waals surface area contributed by atoms with Crippen molar-refractivity contribution >= 4 is 21.9 Å². The van der Waals surface area contributed by atoms with Crippen LogP contribution in [0.2, 0.25) is 0 Å². The summed E-state index contributed by atoms with van der Waals surface area (Å²) in [5.41, 5.74) is 0.530. The Labute approximate surface area is 115 Å². The monoisotopic (exact) mass is 311 g/mol. The zero-order valence-corrected chi connectivity index (χ0v) is 11.7. The lowest BCUT2D eigenvalue weighted by atomic mass is 10.2. The third-order valence-electron chi connectivity index (χ3n) is 2.12. The van der Waals surface area contributed by atoms with E-state index >= 15 is 0 Å². The van der Waals surface area contributed by atoms with Crippen molar-refractivity contribution in [1.82, 2.24) is 10.6 Å². The molecule has 0 aliphatic heterocycles. The number of benzene rings is 1. The first-order valence-electron chi connectivity index (χ1n) is 5.57. The summed E-state index contributed by atoms with van der Waals surface area (Å²) >= 11 is 3.30. The van der Waals surface area contributed by atoms with Crippen molar-refractivity contribution in [2.45, 2.75) is 13.5 Å². The number of nitrogens with one attached hydrogen (secondary N) is 2. The number of halogens is 2. The number of hydrogen-bond donors (Lipinski definition) is 2. The normalized spacial score (nSPS) is 10.9. The zero-order valence-electron chi connectivity index (χ0n) is 10.1. The highest BCUT2D eigenvalue weighted by Gasteiger charge is 2.02. The molecule has 0 bridgehead atoms. The number of hydrogen-bond acceptors (Lipinski definition) is 1. The minimum absolute atomic E-state index is 0.255. The van der Waals surface area contributed by atoms with Crippen molar-refractivity contribution < 1.29 is 4.39 Å². The molecule has 0 unspecified atom stereocenters. The maximum Gasteiger partial charge on any atom is 0.192 e. The van der Waals surface area contributed by atoms with Gasteiger partial charge in [-0.2, -0.15) is 0 Å². The average Bonchev–Trinajstić information content (AvgIpc) is 2.36. The van der Waals surface area contributed by atoms with Crippen molar-refractivity contribution in [3.05, 3.63) is 34.1 Å². The lowest BCUT2D eigenvalue weighted by molar-refractivity contribution is 0.610. The fourth-order valence-corrected chi connectivity index (χ4v) is 1.71. The maximum absolute atomic E-state index is 13.5. The third kappa shape index (κ3) is 4.76. The lowest BCUT2D eigenvalue weighted by Crippen LogP contribution is -2.37. The summed E-state index contributed by atoms with van der Waals surface area (Å²) in [4.78, 5) is 4.26. The van der Waals surface area contributed by atoms with Crippen molar-refractivity contribution in [2.75, 3.05) is 13.1 Å². The SMILES string of the molecule is C#CCNC(=NCc1cc(Br)ccc1F)NCC. The van der Waals surface area contributed by atoms with Gasteiger partial charge in [0.1, 0.15) is 5.82 Å². The summed E-state index contributed by atoms with van der Waals surface area (Å²) < 4.78 is 14.3. The molecule has 1 aromatic carbocycles. The largest absolute Gasteiger partial charge is 0.357 e. The summed E-state index contributed by atoms with van der Waals surface area (Å²) in [6, 6.07) is 4.78. The number of guanidine groups is 1. The highest BCUT2D eigenvalue weighted by molar-refractivity contribution is 9.10. The zero-order chi connectivity index (χ0) is 13.4. The van der Waals surface area contributed by atoms with Gasteiger partial charge in [-0.05, 0) is 25.1 Å². The number of rotatable bonds is 4. The van der Waals surface area contributed by atoms with Crippen LogP contribution in [0.25, 0.3) is 0 Å². The van der Waals surface area contributed by atoms with E-state index in [0.29, 0.717) is 18.1 Å². The van der Waals surface area contributed by atoms with Gasteiger partial charge in [-0.25, -0.2) is 9.38 Å². The van der Waals surface area contributed by atoms with Gasteiger partial charge in [0.15, 0.2) is 5.96 Å². The van der Waals surface area contributed by atoms with Crippen LogP contribution in [0.5, 0.6) is 0 Å². The second kappa shape index (κ2) is 7.72. The predicted molar refractivity (Wildman–Crippen MR) is 75.8 cm³/mol. The van der Waals surface area contributed by atoms with Crippen LogP contribution in [0.1, 0.15) is 12.5 Å². The van der Waals surface area contributed by atoms with E-state index in [1.807, 2.05) is 6.92 Å². The minimum Gasteiger partial charge on any atom is -0.357 e. The second-order valence-electron chi connectivity index (χ2n) is 3.49. The first-order chi connectivity index (χ1) is 8.67. The quantitative estimate of drug-likeness (QED) is 0.508. The summed E-state index contributed by atoms with van der Waals surface area (Å²) in [6.45, 7) is 3.31. The molecule has 0 radical (unpaired) electrons. The first kappa shape index (κ1) is 14.5. The molecule has 0 aromatic heterocycles. The van der Waals surface area contributed by atoms with Crippen molar-refractivity contribution in [2.24, 2.45) is 4.99 Å². The van der Waals surface area contributed by atoms with E-state index < -0.39 is 0 Å². The van der Waals surface area contributed by atoms with Gasteiger partial charge in [-0.15, -0.1) is 6.42 Å². The van der Waals surface area contributed by atoms with Crippen LogP contribution in [0.3, 0.4) is 0 Å². The van der Waals surface area contributed by atoms with Gasteiger partial charge in [0, 0.05) is 16.6 Å². The Kier molecular flexibility index (Phi) is 6.23. The summed E-state index contributed by atoms with van der Waals surface area (Å²) in [5.74, 6) is 2.77. The van der Waals surface area contributed by atoms with Crippen molar-refractivity contribution in [3.8, 4) is 12.3 Å². The molecule has 0 atom stereocenters. The van der Waals surface area contributed by atoms with E-state index in [2.05, 4.69) is 37.5 Å². The van der Waals surface area contributed by atoms with Crippen LogP contribution >= 0.6 is 15.9 Å². The Balaban J connectivity index is 2.74. The standard InChI is InChI=1S/C13H15BrFN3/c1-3-7-17-13(16-4-2)18-9-10-8-11(14)5-6-12(10)15/h1,5-6,8H,4,7,9H2,2H3,(H2,16,17,18). The van der Waals surface area contributed by atoms with Crippen LogP contribution < -0.4 is 10.6 Å². The molecular weight excluding hydrogens is 297 g/mol. The van der Waals surface area contributed by atoms with Crippen LogP contribution in [0.15, 0.2) is 27.7 Å². The topological polar surface area (TPSA) is 36.4 Å². The number of nitrogens with zero attached hydrogens (tertiary/aromatic N) is 1. The second-order valence-corrected chi connectivity index (χ2v) is 4.40. The Morgan fingerprint density at radius 1 is 1.50 bits per heavy atom. The molecule has 0 heterocycles. The molecule has 0 spiro atoms. The van der Waals surface area contributed by atoms with E-state index in [0.717, 1.165) is 11.0 Å². The smallest absolute Gasteiger partial charge is 0.192 e. The fourth-order valence-electron chi connectivity index (χ4n) is 1.31. The van der Waals surface area contributed by atoms with E-state index in [9.17, 15) is 4.39 Å². The molecule has 0 amide bonds. The molecular formula is C13H15BrFN3. The summed E-state index contributed by atoms with van der Waals surface area (Å²) in [7, 11) is 0. The molecule has 0 saturated carbocycles. The Hall–Kier alpha value is -1.54. The first-order valence-corrected chi connectivity index (χ1v) is 6.36. The molecule has 18 heavy (non-hydrogen) atoms. The van der Waals surface area contributed by atoms with Gasteiger partial charge in [0.2, 0.25) is 0 Å². The van der Waals surface area contributed by atoms with Gasteiger partial charge in [-0.3, -0.25) is 0 Å². The summed E-state index contributed by atoms with van der Waals surface area (Å²) in [6.07, 6.45) is 5.16. The van der Waals surface area contributed by atoms with Crippen LogP contribution in [-0.2, 0) is 6.54 Å². The molecule has 0 aliphatic carbocycles. The Morgan fingerprint density at radius 2 is 2.28 bits per heavy atom. The minimum atomic E-state index is -0.269. The van der Waals surface area contributed by atoms with Gasteiger partial charge in [0.05, 0.1) is 13.1 Å². The average molecular weight is 312 g/mol. The van der Waals surface area contributed by atoms with Gasteiger partial charge in [0.25, 0.3) is 0 Å². The number of terminal acetylenes is 1. The van der Waals surface area contributed by atoms with E-state index in [1.54, 1.807) is 12.1 Å². The molecule has 1 aromatic rings. The van der Waals surface area contributed by atoms with Gasteiger partial charge in [-0.1, -0.05) is 21.9 Å². The number of aliphatic imine (C=N–C) groups is 1. The molecule has 1 rings (SSSR count). The third-order valence-corrected chi connectivity index (χ3v) is 2.61. The van der Waals surface area contributed by atoms with Crippen molar-refractivity contribution in [1.29, 1.82) is 0 Å². The van der Waals surface area contributed by atoms with Crippen LogP contribution in [0.4, 0.5) is 4.39 Å². The van der Waals surface area contributed by atoms with Gasteiger partial charge < -0.3 is 10.6 Å². The molecule has 0 fully saturated rings. The fraction of sp³-hybridized carbons (Fsp3) is 0.308. The Morgan fingerprint density at radius 3 is 2.94 bits per heavy atom. The van der Waals surface area contributed by atoms with Crippen LogP contribution in [-0.4, -0.2) is 19.0 Å². The molecule has 96 valence electrons. The molecule has 0 saturated heterocycles. The van der Waals surface area contributed by atoms with Gasteiger partial charge >= 0.3 is 0 Å². The molecule has 5 heteroatoms. The van der Waals surface area contributed by atoms with Crippen LogP contribution in [0, 0.1) is 18.2 Å². The Bertz CT molecular complexity index is 466. The molecule has 0 aliphatic rings. The van der Waals surface area contributed by atoms with E-state index in [4.69, 9.17) is 6.42 Å². The van der Waals surface area contributed by atoms with E-state index in [-0.39, 0.29) is 12.4 Å². The van der Waals surface area contributed by atoms with E-state index in [1.165, 1.54) is 6.07 Å². The highest BCUT2D eigenvalue weighted by Crippen LogP contribution is 2.16. The molecule has 3 nitrogen and oxygen atoms in total. The highest BCUT2D eigenvalue weighted by atomic mass is 79.9. The summed E-state index contributed by atoms with van der Waals surface area (Å²) in [5, 5.41) is 5.97. The predicted octanol–water partition coefficient (Wildman–Crippen LogP) is 2.28. The molecule has 2 N–H and O–H groups in total. The lowest BCUT2D eigenvalue weighted by Gasteiger charge is -2.09. The van der Waals surface area contributed by atoms with Crippen molar-refractivity contribution in [3.63, 3.8) is 0 Å².